The quantitative estimate of drug-likeness (QED) is 0.903. The molecule has 0 radical (unpaired) electrons. The van der Waals surface area contributed by atoms with Crippen LogP contribution in [0.3, 0.4) is 0 Å². The Morgan fingerprint density at radius 1 is 1.11 bits per heavy atom. The molecule has 2 aromatic rings. The second-order valence-electron chi connectivity index (χ2n) is 8.09. The summed E-state index contributed by atoms with van der Waals surface area (Å²) in [5.41, 5.74) is 3.22. The molecule has 6 nitrogen and oxygen atoms in total. The molecular weight excluding hydrogens is 338 g/mol. The number of rotatable bonds is 4. The number of hydrogen-bond donors (Lipinski definition) is 1. The normalized spacial score (nSPS) is 23.1. The summed E-state index contributed by atoms with van der Waals surface area (Å²) in [5, 5.41) is 3.50. The van der Waals surface area contributed by atoms with Gasteiger partial charge in [0.25, 0.3) is 0 Å². The van der Waals surface area contributed by atoms with Crippen LogP contribution in [0.4, 0.5) is 17.5 Å². The first kappa shape index (κ1) is 16.5. The maximum Gasteiger partial charge on any atom is 0.227 e. The molecule has 2 fully saturated rings. The van der Waals surface area contributed by atoms with Crippen LogP contribution >= 0.6 is 0 Å². The average molecular weight is 363 g/mol. The van der Waals surface area contributed by atoms with Gasteiger partial charge in [-0.1, -0.05) is 18.2 Å². The summed E-state index contributed by atoms with van der Waals surface area (Å²) in [4.78, 5) is 26.7. The van der Waals surface area contributed by atoms with Crippen LogP contribution in [0.15, 0.2) is 30.3 Å². The van der Waals surface area contributed by atoms with E-state index in [1.807, 2.05) is 49.3 Å². The molecule has 1 aliphatic carbocycles. The molecule has 2 unspecified atom stereocenters. The van der Waals surface area contributed by atoms with Crippen LogP contribution < -0.4 is 10.2 Å². The van der Waals surface area contributed by atoms with E-state index in [-0.39, 0.29) is 12.0 Å². The van der Waals surface area contributed by atoms with Crippen molar-refractivity contribution in [1.82, 2.24) is 14.9 Å². The fourth-order valence-electron chi connectivity index (χ4n) is 4.43. The number of carbonyl (C=O) groups is 1. The number of para-hydroxylation sites is 1. The molecule has 27 heavy (non-hydrogen) atoms. The van der Waals surface area contributed by atoms with E-state index in [1.165, 1.54) is 0 Å². The molecule has 3 aliphatic rings. The van der Waals surface area contributed by atoms with E-state index in [2.05, 4.69) is 10.2 Å². The third-order valence-electron chi connectivity index (χ3n) is 5.90. The number of fused-ring (bicyclic) bond motifs is 4. The van der Waals surface area contributed by atoms with Crippen LogP contribution in [-0.4, -0.2) is 40.9 Å². The number of nitrogens with zero attached hydrogens (tertiary/aromatic N) is 4. The highest BCUT2D eigenvalue weighted by Gasteiger charge is 2.48. The molecule has 140 valence electrons. The smallest absolute Gasteiger partial charge is 0.227 e. The van der Waals surface area contributed by atoms with E-state index in [0.29, 0.717) is 17.9 Å². The van der Waals surface area contributed by atoms with Crippen LogP contribution in [-0.2, 0) is 11.2 Å². The van der Waals surface area contributed by atoms with E-state index in [0.717, 1.165) is 54.9 Å². The van der Waals surface area contributed by atoms with Crippen LogP contribution in [0.5, 0.6) is 0 Å². The second-order valence-corrected chi connectivity index (χ2v) is 8.09. The maximum absolute atomic E-state index is 12.9. The Hall–Kier alpha value is -2.63. The number of hydrogen-bond acceptors (Lipinski definition) is 5. The Labute approximate surface area is 159 Å². The summed E-state index contributed by atoms with van der Waals surface area (Å²) >= 11 is 0. The zero-order valence-corrected chi connectivity index (χ0v) is 15.9. The number of nitrogens with one attached hydrogen (secondary N) is 1. The summed E-state index contributed by atoms with van der Waals surface area (Å²) in [6.45, 7) is 0. The van der Waals surface area contributed by atoms with Crippen LogP contribution in [0.2, 0.25) is 0 Å². The number of benzene rings is 1. The third kappa shape index (κ3) is 2.83. The Balaban J connectivity index is 1.59. The topological polar surface area (TPSA) is 61.4 Å². The zero-order valence-electron chi connectivity index (χ0n) is 15.9. The molecule has 2 atom stereocenters. The molecule has 1 aromatic heterocycles. The summed E-state index contributed by atoms with van der Waals surface area (Å²) in [5.74, 6) is 2.15. The average Bonchev–Trinajstić information content (AvgIpc) is 3.46. The molecule has 6 heteroatoms. The van der Waals surface area contributed by atoms with Gasteiger partial charge in [0.2, 0.25) is 11.9 Å². The molecular formula is C21H25N5O. The van der Waals surface area contributed by atoms with Crippen molar-refractivity contribution in [2.24, 2.45) is 5.92 Å². The molecule has 2 aliphatic heterocycles. The van der Waals surface area contributed by atoms with Gasteiger partial charge in [0.15, 0.2) is 0 Å². The monoisotopic (exact) mass is 363 g/mol. The van der Waals surface area contributed by atoms with E-state index in [4.69, 9.17) is 9.97 Å². The molecule has 0 spiro atoms. The summed E-state index contributed by atoms with van der Waals surface area (Å²) in [6, 6.07) is 10.5. The molecule has 1 amide bonds. The Kier molecular flexibility index (Phi) is 3.81. The highest BCUT2D eigenvalue weighted by Crippen LogP contribution is 2.48. The second kappa shape index (κ2) is 6.22. The van der Waals surface area contributed by atoms with E-state index in [9.17, 15) is 4.79 Å². The highest BCUT2D eigenvalue weighted by atomic mass is 16.2. The predicted molar refractivity (Wildman–Crippen MR) is 105 cm³/mol. The fourth-order valence-corrected chi connectivity index (χ4v) is 4.43. The lowest BCUT2D eigenvalue weighted by molar-refractivity contribution is -0.136. The summed E-state index contributed by atoms with van der Waals surface area (Å²) in [7, 11) is 3.93. The summed E-state index contributed by atoms with van der Waals surface area (Å²) in [6.07, 6.45) is 4.99. The van der Waals surface area contributed by atoms with Crippen molar-refractivity contribution < 1.29 is 4.79 Å². The largest absolute Gasteiger partial charge is 0.347 e. The fraction of sp³-hybridized carbons (Fsp3) is 0.476. The Morgan fingerprint density at radius 3 is 2.59 bits per heavy atom. The van der Waals surface area contributed by atoms with Gasteiger partial charge in [0, 0.05) is 43.7 Å². The third-order valence-corrected chi connectivity index (χ3v) is 5.90. The molecule has 1 aromatic carbocycles. The SMILES string of the molecule is CN(C)c1nc2c(c(Nc3ccccc3)n1)C1CCC(C2)N1C(=O)C1CC1. The van der Waals surface area contributed by atoms with E-state index < -0.39 is 0 Å². The van der Waals surface area contributed by atoms with Crippen molar-refractivity contribution in [1.29, 1.82) is 0 Å². The number of amides is 1. The van der Waals surface area contributed by atoms with Crippen molar-refractivity contribution in [3.8, 4) is 0 Å². The number of aromatic nitrogens is 2. The van der Waals surface area contributed by atoms with Crippen molar-refractivity contribution in [2.75, 3.05) is 24.3 Å². The van der Waals surface area contributed by atoms with Gasteiger partial charge >= 0.3 is 0 Å². The zero-order chi connectivity index (χ0) is 18.5. The highest BCUT2D eigenvalue weighted by molar-refractivity contribution is 5.83. The summed E-state index contributed by atoms with van der Waals surface area (Å²) < 4.78 is 0. The lowest BCUT2D eigenvalue weighted by atomic mass is 9.97. The first-order chi connectivity index (χ1) is 13.1. The van der Waals surface area contributed by atoms with Gasteiger partial charge in [-0.2, -0.15) is 4.98 Å². The van der Waals surface area contributed by atoms with Gasteiger partial charge in [-0.05, 0) is 37.8 Å². The lowest BCUT2D eigenvalue weighted by Crippen LogP contribution is -2.43. The van der Waals surface area contributed by atoms with Crippen LogP contribution in [0, 0.1) is 5.92 Å². The Morgan fingerprint density at radius 2 is 1.89 bits per heavy atom. The van der Waals surface area contributed by atoms with Crippen molar-refractivity contribution in [3.05, 3.63) is 41.6 Å². The standard InChI is InChI=1S/C21H25N5O/c1-25(2)21-23-16-12-15-10-11-17(26(15)20(27)13-8-9-13)18(16)19(24-21)22-14-6-4-3-5-7-14/h3-7,13,15,17H,8-12H2,1-2H3,(H,22,23,24). The van der Waals surface area contributed by atoms with Crippen molar-refractivity contribution in [3.63, 3.8) is 0 Å². The minimum atomic E-state index is 0.106. The maximum atomic E-state index is 12.9. The van der Waals surface area contributed by atoms with Gasteiger partial charge in [0.05, 0.1) is 11.7 Å². The first-order valence-electron chi connectivity index (χ1n) is 9.84. The van der Waals surface area contributed by atoms with Gasteiger partial charge in [-0.15, -0.1) is 0 Å². The Bertz CT molecular complexity index is 878. The van der Waals surface area contributed by atoms with E-state index in [1.54, 1.807) is 0 Å². The van der Waals surface area contributed by atoms with Crippen LogP contribution in [0.1, 0.15) is 43.0 Å². The van der Waals surface area contributed by atoms with Gasteiger partial charge in [-0.25, -0.2) is 4.98 Å². The van der Waals surface area contributed by atoms with Gasteiger partial charge in [-0.3, -0.25) is 4.79 Å². The van der Waals surface area contributed by atoms with Crippen molar-refractivity contribution >= 4 is 23.4 Å². The molecule has 1 saturated carbocycles. The molecule has 3 heterocycles. The minimum absolute atomic E-state index is 0.106. The lowest BCUT2D eigenvalue weighted by Gasteiger charge is -2.37. The van der Waals surface area contributed by atoms with E-state index >= 15 is 0 Å². The molecule has 2 bridgehead atoms. The minimum Gasteiger partial charge on any atom is -0.347 e. The van der Waals surface area contributed by atoms with Crippen molar-refractivity contribution in [2.45, 2.75) is 44.2 Å². The predicted octanol–water partition coefficient (Wildman–Crippen LogP) is 3.28. The molecule has 1 saturated heterocycles. The first-order valence-corrected chi connectivity index (χ1v) is 9.84. The number of anilines is 3. The molecule has 5 rings (SSSR count). The van der Waals surface area contributed by atoms with Gasteiger partial charge < -0.3 is 15.1 Å². The van der Waals surface area contributed by atoms with Crippen LogP contribution in [0.25, 0.3) is 0 Å². The molecule has 1 N–H and O–H groups in total. The van der Waals surface area contributed by atoms with Gasteiger partial charge in [0.1, 0.15) is 5.82 Å². The number of carbonyl (C=O) groups excluding carboxylic acids is 1.